The maximum atomic E-state index is 13.9. The summed E-state index contributed by atoms with van der Waals surface area (Å²) in [5.74, 6) is 1.65. The minimum absolute atomic E-state index is 0.0983. The van der Waals surface area contributed by atoms with E-state index in [0.29, 0.717) is 32.5 Å². The van der Waals surface area contributed by atoms with Gasteiger partial charge in [0.05, 0.1) is 6.04 Å². The lowest BCUT2D eigenvalue weighted by Gasteiger charge is -2.46. The molecule has 0 bridgehead atoms. The molecule has 5 nitrogen and oxygen atoms in total. The zero-order chi connectivity index (χ0) is 23.3. The Kier molecular flexibility index (Phi) is 5.08. The molecule has 7 heteroatoms. The van der Waals surface area contributed by atoms with Crippen LogP contribution >= 0.6 is 23.2 Å². The minimum Gasteiger partial charge on any atom is -0.398 e. The number of hydrogen-bond donors (Lipinski definition) is 3. The van der Waals surface area contributed by atoms with Crippen LogP contribution in [-0.2, 0) is 15.0 Å². The molecule has 3 atom stereocenters. The van der Waals surface area contributed by atoms with Crippen LogP contribution in [0, 0.1) is 12.3 Å². The van der Waals surface area contributed by atoms with Gasteiger partial charge in [-0.1, -0.05) is 47.3 Å². The number of piperidine rings is 1. The van der Waals surface area contributed by atoms with E-state index in [-0.39, 0.29) is 18.2 Å². The van der Waals surface area contributed by atoms with Crippen LogP contribution in [0.5, 0.6) is 0 Å². The van der Waals surface area contributed by atoms with E-state index in [1.54, 1.807) is 42.5 Å². The Labute approximate surface area is 201 Å². The number of halogens is 2. The quantitative estimate of drug-likeness (QED) is 0.367. The molecule has 2 aliphatic heterocycles. The number of carbonyl (C=O) groups excluding carboxylic acids is 2. The Morgan fingerprint density at radius 3 is 2.58 bits per heavy atom. The SMILES string of the molecule is C#Cc1ccc(N)c(C2NC(=O)CC(c3cccc(Cl)c3)C23C(=O)Nc2cc(Cl)ccc23)c1. The number of rotatable bonds is 2. The third-order valence-corrected chi connectivity index (χ3v) is 7.04. The highest BCUT2D eigenvalue weighted by molar-refractivity contribution is 6.31. The van der Waals surface area contributed by atoms with Gasteiger partial charge < -0.3 is 16.4 Å². The average Bonchev–Trinajstić information content (AvgIpc) is 3.07. The van der Waals surface area contributed by atoms with Crippen LogP contribution in [0.4, 0.5) is 11.4 Å². The van der Waals surface area contributed by atoms with Crippen LogP contribution < -0.4 is 16.4 Å². The van der Waals surface area contributed by atoms with E-state index < -0.39 is 17.4 Å². The van der Waals surface area contributed by atoms with E-state index in [2.05, 4.69) is 16.6 Å². The van der Waals surface area contributed by atoms with Crippen LogP contribution in [-0.4, -0.2) is 11.8 Å². The van der Waals surface area contributed by atoms with Gasteiger partial charge >= 0.3 is 0 Å². The molecule has 1 spiro atoms. The molecule has 3 aromatic rings. The summed E-state index contributed by atoms with van der Waals surface area (Å²) in [5, 5.41) is 7.05. The molecule has 0 radical (unpaired) electrons. The summed E-state index contributed by atoms with van der Waals surface area (Å²) in [6.07, 6.45) is 5.74. The number of anilines is 2. The summed E-state index contributed by atoms with van der Waals surface area (Å²) in [7, 11) is 0. The van der Waals surface area contributed by atoms with Gasteiger partial charge in [-0.05, 0) is 53.6 Å². The lowest BCUT2D eigenvalue weighted by molar-refractivity contribution is -0.131. The molecule has 0 aromatic heterocycles. The average molecular weight is 476 g/mol. The number of nitrogens with two attached hydrogens (primary N) is 1. The molecule has 0 aliphatic carbocycles. The van der Waals surface area contributed by atoms with Crippen LogP contribution in [0.25, 0.3) is 0 Å². The number of fused-ring (bicyclic) bond motifs is 2. The van der Waals surface area contributed by atoms with Crippen molar-refractivity contribution in [3.63, 3.8) is 0 Å². The van der Waals surface area contributed by atoms with Crippen LogP contribution in [0.15, 0.2) is 60.7 Å². The number of amides is 2. The Balaban J connectivity index is 1.84. The highest BCUT2D eigenvalue weighted by Crippen LogP contribution is 2.58. The predicted molar refractivity (Wildman–Crippen MR) is 130 cm³/mol. The van der Waals surface area contributed by atoms with Gasteiger partial charge in [0.2, 0.25) is 11.8 Å². The first kappa shape index (κ1) is 21.4. The summed E-state index contributed by atoms with van der Waals surface area (Å²) in [4.78, 5) is 26.9. The van der Waals surface area contributed by atoms with Gasteiger partial charge in [0.15, 0.2) is 0 Å². The molecule has 3 aromatic carbocycles. The molecule has 33 heavy (non-hydrogen) atoms. The highest BCUT2D eigenvalue weighted by Gasteiger charge is 2.61. The third-order valence-electron chi connectivity index (χ3n) is 6.57. The number of nitrogens with one attached hydrogen (secondary N) is 2. The van der Waals surface area contributed by atoms with E-state index in [1.165, 1.54) is 0 Å². The minimum atomic E-state index is -1.19. The van der Waals surface area contributed by atoms with Crippen LogP contribution in [0.2, 0.25) is 10.0 Å². The maximum Gasteiger partial charge on any atom is 0.238 e. The topological polar surface area (TPSA) is 84.2 Å². The molecule has 4 N–H and O–H groups in total. The van der Waals surface area contributed by atoms with Crippen molar-refractivity contribution in [2.75, 3.05) is 11.1 Å². The molecule has 1 saturated heterocycles. The molecule has 1 fully saturated rings. The number of carbonyl (C=O) groups is 2. The maximum absolute atomic E-state index is 13.9. The fourth-order valence-corrected chi connectivity index (χ4v) is 5.56. The van der Waals surface area contributed by atoms with Crippen molar-refractivity contribution in [2.45, 2.75) is 23.8 Å². The van der Waals surface area contributed by atoms with E-state index in [9.17, 15) is 9.59 Å². The summed E-state index contributed by atoms with van der Waals surface area (Å²) >= 11 is 12.5. The second kappa shape index (κ2) is 7.84. The first-order valence-corrected chi connectivity index (χ1v) is 11.1. The second-order valence-corrected chi connectivity index (χ2v) is 9.19. The van der Waals surface area contributed by atoms with Gasteiger partial charge in [0.1, 0.15) is 5.41 Å². The standard InChI is InChI=1S/C26H19Cl2N3O2/c1-2-14-6-9-21(29)18(10-14)24-26(19-8-7-17(28)12-22(19)30-25(26)33)20(13-23(32)31-24)15-4-3-5-16(27)11-15/h1,3-12,20,24H,13,29H2,(H,30,33)(H,31,32). The number of benzene rings is 3. The van der Waals surface area contributed by atoms with Gasteiger partial charge in [-0.25, -0.2) is 0 Å². The predicted octanol–water partition coefficient (Wildman–Crippen LogP) is 4.79. The lowest BCUT2D eigenvalue weighted by atomic mass is 9.59. The first-order chi connectivity index (χ1) is 15.8. The largest absolute Gasteiger partial charge is 0.398 e. The van der Waals surface area contributed by atoms with Crippen molar-refractivity contribution in [3.8, 4) is 12.3 Å². The van der Waals surface area contributed by atoms with E-state index in [4.69, 9.17) is 35.4 Å². The van der Waals surface area contributed by atoms with Gasteiger partial charge in [-0.3, -0.25) is 9.59 Å². The van der Waals surface area contributed by atoms with Gasteiger partial charge in [0, 0.05) is 44.9 Å². The van der Waals surface area contributed by atoms with Crippen molar-refractivity contribution in [2.24, 2.45) is 0 Å². The fourth-order valence-electron chi connectivity index (χ4n) is 5.18. The van der Waals surface area contributed by atoms with E-state index in [1.807, 2.05) is 18.2 Å². The highest BCUT2D eigenvalue weighted by atomic mass is 35.5. The summed E-state index contributed by atoms with van der Waals surface area (Å²) in [6, 6.07) is 17.0. The van der Waals surface area contributed by atoms with Crippen molar-refractivity contribution >= 4 is 46.4 Å². The Bertz CT molecular complexity index is 1360. The fraction of sp³-hybridized carbons (Fsp3) is 0.154. The first-order valence-electron chi connectivity index (χ1n) is 10.4. The monoisotopic (exact) mass is 475 g/mol. The van der Waals surface area contributed by atoms with Crippen LogP contribution in [0.1, 0.15) is 40.6 Å². The molecule has 2 aliphatic rings. The van der Waals surface area contributed by atoms with Crippen molar-refractivity contribution in [1.29, 1.82) is 0 Å². The van der Waals surface area contributed by atoms with Crippen LogP contribution in [0.3, 0.4) is 0 Å². The van der Waals surface area contributed by atoms with Crippen molar-refractivity contribution in [1.82, 2.24) is 5.32 Å². The number of terminal acetylenes is 1. The normalized spacial score (nSPS) is 23.5. The van der Waals surface area contributed by atoms with Crippen molar-refractivity contribution < 1.29 is 9.59 Å². The lowest BCUT2D eigenvalue weighted by Crippen LogP contribution is -2.57. The van der Waals surface area contributed by atoms with E-state index in [0.717, 1.165) is 11.1 Å². The molecular formula is C26H19Cl2N3O2. The number of hydrogen-bond acceptors (Lipinski definition) is 3. The smallest absolute Gasteiger partial charge is 0.238 e. The summed E-state index contributed by atoms with van der Waals surface area (Å²) < 4.78 is 0. The molecule has 3 unspecified atom stereocenters. The molecule has 5 rings (SSSR count). The van der Waals surface area contributed by atoms with Gasteiger partial charge in [-0.15, -0.1) is 6.42 Å². The van der Waals surface area contributed by atoms with E-state index >= 15 is 0 Å². The zero-order valence-corrected chi connectivity index (χ0v) is 18.9. The molecule has 164 valence electrons. The summed E-state index contributed by atoms with van der Waals surface area (Å²) in [6.45, 7) is 0. The second-order valence-electron chi connectivity index (χ2n) is 8.31. The van der Waals surface area contributed by atoms with Gasteiger partial charge in [-0.2, -0.15) is 0 Å². The van der Waals surface area contributed by atoms with Gasteiger partial charge in [0.25, 0.3) is 0 Å². The zero-order valence-electron chi connectivity index (χ0n) is 17.4. The van der Waals surface area contributed by atoms with Crippen molar-refractivity contribution in [3.05, 3.63) is 93.0 Å². The molecular weight excluding hydrogens is 457 g/mol. The third kappa shape index (κ3) is 3.26. The summed E-state index contributed by atoms with van der Waals surface area (Å²) in [5.41, 5.74) is 8.92. The molecule has 2 amide bonds. The Hall–Kier alpha value is -3.46. The Morgan fingerprint density at radius 2 is 1.82 bits per heavy atom. The Morgan fingerprint density at radius 1 is 1.03 bits per heavy atom. The number of nitrogen functional groups attached to an aromatic ring is 1. The molecule has 2 heterocycles. The molecule has 0 saturated carbocycles.